The molecule has 0 fully saturated rings. The Morgan fingerprint density at radius 3 is 2.15 bits per heavy atom. The van der Waals surface area contributed by atoms with Gasteiger partial charge in [0, 0.05) is 6.54 Å². The lowest BCUT2D eigenvalue weighted by molar-refractivity contribution is 0.106. The number of Topliss-reactive ketones (excluding diaryl/α,β-unsaturated/α-hetero) is 1. The fourth-order valence-electron chi connectivity index (χ4n) is 2.90. The number of hydrogen-bond acceptors (Lipinski definition) is 4. The van der Waals surface area contributed by atoms with Crippen LogP contribution in [0.3, 0.4) is 0 Å². The average molecular weight is 359 g/mol. The molecule has 2 heterocycles. The number of nitrogens with one attached hydrogen (secondary N) is 1. The number of benzene rings is 2. The third-order valence-electron chi connectivity index (χ3n) is 4.22. The van der Waals surface area contributed by atoms with Gasteiger partial charge in [-0.15, -0.1) is 0 Å². The summed E-state index contributed by atoms with van der Waals surface area (Å²) in [4.78, 5) is 29.4. The Balaban J connectivity index is 1.60. The SMILES string of the molecule is O=C1/C=N\N(Cc2ccccc2)C(=O)Nc2ncn(Cc3ccccc3)c21. The molecule has 0 spiro atoms. The van der Waals surface area contributed by atoms with Gasteiger partial charge in [0.25, 0.3) is 0 Å². The predicted octanol–water partition coefficient (Wildman–Crippen LogP) is 3.15. The van der Waals surface area contributed by atoms with Crippen LogP contribution in [0.25, 0.3) is 0 Å². The second-order valence-corrected chi connectivity index (χ2v) is 6.14. The van der Waals surface area contributed by atoms with E-state index in [-0.39, 0.29) is 18.1 Å². The van der Waals surface area contributed by atoms with Crippen LogP contribution in [0.2, 0.25) is 0 Å². The number of ketones is 1. The first kappa shape index (κ1) is 16.7. The minimum Gasteiger partial charge on any atom is -0.322 e. The molecule has 0 saturated heterocycles. The second-order valence-electron chi connectivity index (χ2n) is 6.14. The number of hydrazone groups is 1. The average Bonchev–Trinajstić information content (AvgIpc) is 3.07. The van der Waals surface area contributed by atoms with E-state index in [1.54, 1.807) is 10.9 Å². The number of hydrogen-bond donors (Lipinski definition) is 1. The third-order valence-corrected chi connectivity index (χ3v) is 4.22. The number of carbonyl (C=O) groups excluding carboxylic acids is 2. The molecule has 2 amide bonds. The van der Waals surface area contributed by atoms with Gasteiger partial charge in [-0.2, -0.15) is 5.10 Å². The molecule has 1 N–H and O–H groups in total. The van der Waals surface area contributed by atoms with Crippen molar-refractivity contribution in [3.8, 4) is 0 Å². The van der Waals surface area contributed by atoms with Crippen LogP contribution >= 0.6 is 0 Å². The van der Waals surface area contributed by atoms with Crippen molar-refractivity contribution in [3.63, 3.8) is 0 Å². The molecule has 0 saturated carbocycles. The van der Waals surface area contributed by atoms with Crippen LogP contribution in [-0.4, -0.2) is 32.6 Å². The maximum atomic E-state index is 12.6. The highest BCUT2D eigenvalue weighted by atomic mass is 16.2. The summed E-state index contributed by atoms with van der Waals surface area (Å²) in [6, 6.07) is 18.7. The van der Waals surface area contributed by atoms with Crippen molar-refractivity contribution < 1.29 is 9.59 Å². The fraction of sp³-hybridized carbons (Fsp3) is 0.100. The van der Waals surface area contributed by atoms with E-state index >= 15 is 0 Å². The van der Waals surface area contributed by atoms with Crippen molar-refractivity contribution in [2.45, 2.75) is 13.1 Å². The standard InChI is InChI=1S/C20H17N5O2/c26-17-11-22-25(13-16-9-5-2-6-10-16)20(27)23-19-18(17)24(14-21-19)12-15-7-3-1-4-8-15/h1-11,14H,12-13H2,(H,23,27)/b22-11-. The Labute approximate surface area is 156 Å². The summed E-state index contributed by atoms with van der Waals surface area (Å²) >= 11 is 0. The van der Waals surface area contributed by atoms with Gasteiger partial charge in [-0.25, -0.2) is 14.8 Å². The van der Waals surface area contributed by atoms with Gasteiger partial charge in [-0.05, 0) is 11.1 Å². The molecule has 0 atom stereocenters. The largest absolute Gasteiger partial charge is 0.343 e. The Morgan fingerprint density at radius 2 is 1.48 bits per heavy atom. The number of anilines is 1. The number of carbonyl (C=O) groups is 2. The van der Waals surface area contributed by atoms with Gasteiger partial charge in [0.2, 0.25) is 5.78 Å². The molecule has 0 bridgehead atoms. The maximum Gasteiger partial charge on any atom is 0.343 e. The molecule has 3 aromatic rings. The van der Waals surface area contributed by atoms with Crippen LogP contribution < -0.4 is 5.32 Å². The van der Waals surface area contributed by atoms with Crippen molar-refractivity contribution >= 4 is 23.8 Å². The molecule has 1 aliphatic rings. The van der Waals surface area contributed by atoms with E-state index in [9.17, 15) is 9.59 Å². The molecule has 7 nitrogen and oxygen atoms in total. The van der Waals surface area contributed by atoms with Crippen LogP contribution in [-0.2, 0) is 13.1 Å². The molecule has 4 rings (SSSR count). The van der Waals surface area contributed by atoms with Gasteiger partial charge >= 0.3 is 6.03 Å². The lowest BCUT2D eigenvalue weighted by Crippen LogP contribution is -2.33. The molecule has 7 heteroatoms. The van der Waals surface area contributed by atoms with Gasteiger partial charge in [0.15, 0.2) is 5.82 Å². The maximum absolute atomic E-state index is 12.6. The Hall–Kier alpha value is -3.74. The highest BCUT2D eigenvalue weighted by molar-refractivity contribution is 6.36. The summed E-state index contributed by atoms with van der Waals surface area (Å²) < 4.78 is 1.71. The van der Waals surface area contributed by atoms with E-state index in [0.29, 0.717) is 12.2 Å². The lowest BCUT2D eigenvalue weighted by atomic mass is 10.2. The fourth-order valence-corrected chi connectivity index (χ4v) is 2.90. The number of fused-ring (bicyclic) bond motifs is 1. The van der Waals surface area contributed by atoms with E-state index in [4.69, 9.17) is 0 Å². The molecular formula is C20H17N5O2. The number of aromatic nitrogens is 2. The normalized spacial score (nSPS) is 14.9. The van der Waals surface area contributed by atoms with Gasteiger partial charge in [-0.1, -0.05) is 60.7 Å². The van der Waals surface area contributed by atoms with Crippen molar-refractivity contribution in [2.75, 3.05) is 5.32 Å². The van der Waals surface area contributed by atoms with Crippen molar-refractivity contribution in [1.82, 2.24) is 14.6 Å². The van der Waals surface area contributed by atoms with Crippen molar-refractivity contribution in [2.24, 2.45) is 5.10 Å². The van der Waals surface area contributed by atoms with Crippen LogP contribution in [0.1, 0.15) is 21.6 Å². The monoisotopic (exact) mass is 359 g/mol. The predicted molar refractivity (Wildman–Crippen MR) is 102 cm³/mol. The lowest BCUT2D eigenvalue weighted by Gasteiger charge is -2.19. The van der Waals surface area contributed by atoms with E-state index in [1.165, 1.54) is 11.2 Å². The number of imidazole rings is 1. The summed E-state index contributed by atoms with van der Waals surface area (Å²) in [5, 5.41) is 7.98. The molecule has 1 aliphatic heterocycles. The molecule has 1 aromatic heterocycles. The summed E-state index contributed by atoms with van der Waals surface area (Å²) in [5.41, 5.74) is 2.25. The van der Waals surface area contributed by atoms with Gasteiger partial charge in [-0.3, -0.25) is 10.1 Å². The van der Waals surface area contributed by atoms with E-state index < -0.39 is 6.03 Å². The Morgan fingerprint density at radius 1 is 0.852 bits per heavy atom. The first-order valence-corrected chi connectivity index (χ1v) is 8.50. The quantitative estimate of drug-likeness (QED) is 0.777. The van der Waals surface area contributed by atoms with E-state index in [2.05, 4.69) is 15.4 Å². The molecule has 0 unspecified atom stereocenters. The van der Waals surface area contributed by atoms with E-state index in [0.717, 1.165) is 11.1 Å². The smallest absolute Gasteiger partial charge is 0.322 e. The number of urea groups is 1. The zero-order chi connectivity index (χ0) is 18.6. The summed E-state index contributed by atoms with van der Waals surface area (Å²) in [6.45, 7) is 0.739. The summed E-state index contributed by atoms with van der Waals surface area (Å²) in [5.74, 6) is -0.0679. The van der Waals surface area contributed by atoms with Crippen LogP contribution in [0, 0.1) is 0 Å². The highest BCUT2D eigenvalue weighted by Crippen LogP contribution is 2.19. The zero-order valence-electron chi connectivity index (χ0n) is 14.4. The van der Waals surface area contributed by atoms with Gasteiger partial charge in [0.1, 0.15) is 5.69 Å². The Kier molecular flexibility index (Phi) is 4.49. The number of amides is 2. The minimum atomic E-state index is -0.436. The van der Waals surface area contributed by atoms with Crippen molar-refractivity contribution in [3.05, 3.63) is 83.8 Å². The third kappa shape index (κ3) is 3.62. The Bertz CT molecular complexity index is 996. The highest BCUT2D eigenvalue weighted by Gasteiger charge is 2.24. The molecule has 2 aromatic carbocycles. The summed E-state index contributed by atoms with van der Waals surface area (Å²) in [6.07, 6.45) is 2.72. The van der Waals surface area contributed by atoms with Crippen LogP contribution in [0.5, 0.6) is 0 Å². The zero-order valence-corrected chi connectivity index (χ0v) is 14.4. The first-order valence-electron chi connectivity index (χ1n) is 8.50. The van der Waals surface area contributed by atoms with Crippen molar-refractivity contribution in [1.29, 1.82) is 0 Å². The first-order chi connectivity index (χ1) is 13.2. The van der Waals surface area contributed by atoms with E-state index in [1.807, 2.05) is 60.7 Å². The second kappa shape index (κ2) is 7.25. The number of nitrogens with zero attached hydrogens (tertiary/aromatic N) is 4. The topological polar surface area (TPSA) is 79.6 Å². The van der Waals surface area contributed by atoms with Gasteiger partial charge in [0.05, 0.1) is 19.1 Å². The van der Waals surface area contributed by atoms with Crippen LogP contribution in [0.4, 0.5) is 10.6 Å². The molecular weight excluding hydrogens is 342 g/mol. The summed E-state index contributed by atoms with van der Waals surface area (Å²) in [7, 11) is 0. The molecule has 134 valence electrons. The number of rotatable bonds is 4. The molecule has 0 aliphatic carbocycles. The van der Waals surface area contributed by atoms with Crippen LogP contribution in [0.15, 0.2) is 72.1 Å². The molecule has 27 heavy (non-hydrogen) atoms. The minimum absolute atomic E-state index is 0.241. The van der Waals surface area contributed by atoms with Gasteiger partial charge < -0.3 is 4.57 Å². The molecule has 0 radical (unpaired) electrons.